The molecule has 4 heteroatoms. The highest BCUT2D eigenvalue weighted by Crippen LogP contribution is 2.23. The monoisotopic (exact) mass is 229 g/mol. The number of nitrogen functional groups attached to an aromatic ring is 1. The van der Waals surface area contributed by atoms with Crippen LogP contribution in [0, 0.1) is 0 Å². The zero-order valence-electron chi connectivity index (χ0n) is 9.92. The first kappa shape index (κ1) is 11.4. The van der Waals surface area contributed by atoms with Gasteiger partial charge < -0.3 is 10.5 Å². The summed E-state index contributed by atoms with van der Waals surface area (Å²) in [6, 6.07) is 9.71. The summed E-state index contributed by atoms with van der Waals surface area (Å²) >= 11 is 0. The van der Waals surface area contributed by atoms with Crippen molar-refractivity contribution in [2.45, 2.75) is 20.0 Å². The lowest BCUT2D eigenvalue weighted by atomic mass is 10.1. The molecule has 0 aliphatic carbocycles. The van der Waals surface area contributed by atoms with Crippen molar-refractivity contribution in [3.63, 3.8) is 0 Å². The summed E-state index contributed by atoms with van der Waals surface area (Å²) in [5.74, 6) is 0.903. The summed E-state index contributed by atoms with van der Waals surface area (Å²) in [7, 11) is 0. The molecule has 2 aromatic rings. The van der Waals surface area contributed by atoms with E-state index in [9.17, 15) is 0 Å². The average molecular weight is 229 g/mol. The molecule has 0 amide bonds. The number of aromatic nitrogens is 2. The van der Waals surface area contributed by atoms with Gasteiger partial charge >= 0.3 is 0 Å². The predicted molar refractivity (Wildman–Crippen MR) is 67.6 cm³/mol. The zero-order valence-corrected chi connectivity index (χ0v) is 9.92. The Labute approximate surface area is 100 Å². The maximum Gasteiger partial charge on any atom is 0.233 e. The maximum absolute atomic E-state index is 5.82. The fraction of sp³-hybridized carbons (Fsp3) is 0.231. The highest BCUT2D eigenvalue weighted by molar-refractivity contribution is 5.69. The zero-order chi connectivity index (χ0) is 12.3. The van der Waals surface area contributed by atoms with Crippen molar-refractivity contribution in [1.82, 2.24) is 9.97 Å². The highest BCUT2D eigenvalue weighted by Gasteiger charge is 2.08. The van der Waals surface area contributed by atoms with Crippen LogP contribution in [-0.4, -0.2) is 16.1 Å². The summed E-state index contributed by atoms with van der Waals surface area (Å²) in [6.07, 6.45) is 1.61. The number of hydrogen-bond acceptors (Lipinski definition) is 4. The Morgan fingerprint density at radius 1 is 1.18 bits per heavy atom. The fourth-order valence-electron chi connectivity index (χ4n) is 1.49. The molecule has 0 unspecified atom stereocenters. The minimum atomic E-state index is 0.0662. The number of benzene rings is 1. The van der Waals surface area contributed by atoms with Gasteiger partial charge in [0, 0.05) is 5.56 Å². The second kappa shape index (κ2) is 4.82. The lowest BCUT2D eigenvalue weighted by Crippen LogP contribution is -2.08. The first-order valence-electron chi connectivity index (χ1n) is 5.51. The van der Waals surface area contributed by atoms with Crippen LogP contribution < -0.4 is 10.5 Å². The van der Waals surface area contributed by atoms with Crippen LogP contribution in [0.25, 0.3) is 11.3 Å². The Kier molecular flexibility index (Phi) is 3.23. The van der Waals surface area contributed by atoms with Crippen LogP contribution in [0.3, 0.4) is 0 Å². The fourth-order valence-corrected chi connectivity index (χ4v) is 1.49. The average Bonchev–Trinajstić information content (AvgIpc) is 2.32. The Morgan fingerprint density at radius 3 is 2.53 bits per heavy atom. The van der Waals surface area contributed by atoms with Crippen LogP contribution in [0.1, 0.15) is 13.8 Å². The molecule has 0 aliphatic rings. The van der Waals surface area contributed by atoms with Gasteiger partial charge in [0.25, 0.3) is 0 Å². The largest absolute Gasteiger partial charge is 0.474 e. The van der Waals surface area contributed by atoms with Gasteiger partial charge in [-0.1, -0.05) is 30.3 Å². The number of rotatable bonds is 3. The SMILES string of the molecule is CC(C)Oc1cnc(N)c(-c2ccccc2)n1. The molecule has 0 fully saturated rings. The summed E-state index contributed by atoms with van der Waals surface area (Å²) in [5, 5.41) is 0. The van der Waals surface area contributed by atoms with Gasteiger partial charge in [-0.15, -0.1) is 0 Å². The van der Waals surface area contributed by atoms with E-state index in [-0.39, 0.29) is 6.10 Å². The number of nitrogens with two attached hydrogens (primary N) is 1. The maximum atomic E-state index is 5.82. The van der Waals surface area contributed by atoms with E-state index in [4.69, 9.17) is 10.5 Å². The van der Waals surface area contributed by atoms with Crippen LogP contribution in [0.5, 0.6) is 5.88 Å². The van der Waals surface area contributed by atoms with E-state index in [1.54, 1.807) is 6.20 Å². The van der Waals surface area contributed by atoms with E-state index in [0.717, 1.165) is 5.56 Å². The first-order chi connectivity index (χ1) is 8.16. The minimum absolute atomic E-state index is 0.0662. The normalized spacial score (nSPS) is 10.5. The quantitative estimate of drug-likeness (QED) is 0.878. The molecule has 0 atom stereocenters. The summed E-state index contributed by atoms with van der Waals surface area (Å²) < 4.78 is 5.50. The number of hydrogen-bond donors (Lipinski definition) is 1. The van der Waals surface area contributed by atoms with E-state index in [1.165, 1.54) is 0 Å². The van der Waals surface area contributed by atoms with Crippen molar-refractivity contribution in [3.8, 4) is 17.1 Å². The van der Waals surface area contributed by atoms with Gasteiger partial charge in [-0.25, -0.2) is 9.97 Å². The van der Waals surface area contributed by atoms with Gasteiger partial charge in [-0.2, -0.15) is 0 Å². The Balaban J connectivity index is 2.40. The smallest absolute Gasteiger partial charge is 0.233 e. The van der Waals surface area contributed by atoms with E-state index >= 15 is 0 Å². The molecule has 1 aromatic heterocycles. The van der Waals surface area contributed by atoms with Gasteiger partial charge in [-0.05, 0) is 13.8 Å². The number of nitrogens with zero attached hydrogens (tertiary/aromatic N) is 2. The third-order valence-electron chi connectivity index (χ3n) is 2.18. The second-order valence-corrected chi connectivity index (χ2v) is 3.97. The summed E-state index contributed by atoms with van der Waals surface area (Å²) in [6.45, 7) is 3.89. The molecule has 0 aliphatic heterocycles. The van der Waals surface area contributed by atoms with E-state index in [0.29, 0.717) is 17.4 Å². The molecule has 88 valence electrons. The highest BCUT2D eigenvalue weighted by atomic mass is 16.5. The molecular formula is C13H15N3O. The van der Waals surface area contributed by atoms with Crippen molar-refractivity contribution in [2.24, 2.45) is 0 Å². The van der Waals surface area contributed by atoms with Crippen molar-refractivity contribution in [1.29, 1.82) is 0 Å². The first-order valence-corrected chi connectivity index (χ1v) is 5.51. The molecule has 0 radical (unpaired) electrons. The minimum Gasteiger partial charge on any atom is -0.474 e. The third-order valence-corrected chi connectivity index (χ3v) is 2.18. The van der Waals surface area contributed by atoms with Crippen molar-refractivity contribution in [3.05, 3.63) is 36.5 Å². The van der Waals surface area contributed by atoms with E-state index in [2.05, 4.69) is 9.97 Å². The van der Waals surface area contributed by atoms with Gasteiger partial charge in [0.05, 0.1) is 12.3 Å². The molecule has 1 heterocycles. The van der Waals surface area contributed by atoms with Crippen LogP contribution >= 0.6 is 0 Å². The molecule has 0 saturated carbocycles. The van der Waals surface area contributed by atoms with Crippen molar-refractivity contribution < 1.29 is 4.74 Å². The van der Waals surface area contributed by atoms with E-state index in [1.807, 2.05) is 44.2 Å². The molecule has 2 N–H and O–H groups in total. The Hall–Kier alpha value is -2.10. The molecule has 2 rings (SSSR count). The van der Waals surface area contributed by atoms with Gasteiger partial charge in [0.2, 0.25) is 5.88 Å². The van der Waals surface area contributed by atoms with Gasteiger partial charge in [0.1, 0.15) is 11.5 Å². The molecule has 17 heavy (non-hydrogen) atoms. The van der Waals surface area contributed by atoms with Crippen molar-refractivity contribution >= 4 is 5.82 Å². The van der Waals surface area contributed by atoms with Crippen LogP contribution in [0.4, 0.5) is 5.82 Å². The lowest BCUT2D eigenvalue weighted by Gasteiger charge is -2.10. The predicted octanol–water partition coefficient (Wildman–Crippen LogP) is 2.51. The van der Waals surface area contributed by atoms with Crippen molar-refractivity contribution in [2.75, 3.05) is 5.73 Å². The number of ether oxygens (including phenoxy) is 1. The van der Waals surface area contributed by atoms with E-state index < -0.39 is 0 Å². The van der Waals surface area contributed by atoms with Crippen LogP contribution in [0.15, 0.2) is 36.5 Å². The third kappa shape index (κ3) is 2.72. The van der Waals surface area contributed by atoms with Crippen LogP contribution in [-0.2, 0) is 0 Å². The molecule has 4 nitrogen and oxygen atoms in total. The Morgan fingerprint density at radius 2 is 1.88 bits per heavy atom. The summed E-state index contributed by atoms with van der Waals surface area (Å²) in [5.41, 5.74) is 7.42. The van der Waals surface area contributed by atoms with Gasteiger partial charge in [0.15, 0.2) is 0 Å². The second-order valence-electron chi connectivity index (χ2n) is 3.97. The summed E-state index contributed by atoms with van der Waals surface area (Å²) in [4.78, 5) is 8.47. The Bertz CT molecular complexity index is 497. The van der Waals surface area contributed by atoms with Gasteiger partial charge in [-0.3, -0.25) is 0 Å². The molecule has 0 bridgehead atoms. The molecule has 0 saturated heterocycles. The standard InChI is InChI=1S/C13H15N3O/c1-9(2)17-11-8-15-13(14)12(16-11)10-6-4-3-5-7-10/h3-9H,1-2H3,(H2,14,15). The molecule has 0 spiro atoms. The molecule has 1 aromatic carbocycles. The lowest BCUT2D eigenvalue weighted by molar-refractivity contribution is 0.232. The van der Waals surface area contributed by atoms with Crippen LogP contribution in [0.2, 0.25) is 0 Å². The topological polar surface area (TPSA) is 61.0 Å². The molecular weight excluding hydrogens is 214 g/mol. The number of anilines is 1.